The van der Waals surface area contributed by atoms with E-state index in [1.54, 1.807) is 18.3 Å². The first-order valence-electron chi connectivity index (χ1n) is 11.6. The van der Waals surface area contributed by atoms with Crippen molar-refractivity contribution in [2.75, 3.05) is 18.4 Å². The number of aliphatic hydroxyl groups excluding tert-OH is 1. The third-order valence-electron chi connectivity index (χ3n) is 5.74. The zero-order valence-corrected chi connectivity index (χ0v) is 19.4. The summed E-state index contributed by atoms with van der Waals surface area (Å²) in [5.74, 6) is 0.219. The monoisotopic (exact) mass is 472 g/mol. The number of aliphatic hydroxyl groups is 1. The molecular formula is C28H29FN4O2. The minimum absolute atomic E-state index is 0.142. The number of imidazole rings is 1. The number of nitrogens with zero attached hydrogens (tertiary/aromatic N) is 2. The van der Waals surface area contributed by atoms with Gasteiger partial charge in [-0.25, -0.2) is 9.37 Å². The van der Waals surface area contributed by atoms with Crippen molar-refractivity contribution in [1.29, 1.82) is 0 Å². The molecule has 3 N–H and O–H groups in total. The van der Waals surface area contributed by atoms with Crippen LogP contribution in [-0.2, 0) is 24.2 Å². The fourth-order valence-electron chi connectivity index (χ4n) is 3.81. The molecule has 1 amide bonds. The van der Waals surface area contributed by atoms with Crippen LogP contribution in [0.15, 0.2) is 91.3 Å². The molecule has 0 aliphatic heterocycles. The van der Waals surface area contributed by atoms with Crippen molar-refractivity contribution in [3.05, 3.63) is 120 Å². The van der Waals surface area contributed by atoms with Gasteiger partial charge in [0.15, 0.2) is 0 Å². The zero-order valence-electron chi connectivity index (χ0n) is 19.4. The van der Waals surface area contributed by atoms with Crippen LogP contribution in [0, 0.1) is 5.82 Å². The van der Waals surface area contributed by atoms with Crippen LogP contribution in [0.25, 0.3) is 0 Å². The van der Waals surface area contributed by atoms with E-state index < -0.39 is 6.10 Å². The van der Waals surface area contributed by atoms with Crippen molar-refractivity contribution in [2.24, 2.45) is 0 Å². The van der Waals surface area contributed by atoms with Crippen molar-refractivity contribution in [2.45, 2.75) is 25.5 Å². The Labute approximate surface area is 204 Å². The Hall–Kier alpha value is -3.81. The predicted octanol–water partition coefficient (Wildman–Crippen LogP) is 4.12. The molecule has 3 aromatic carbocycles. The fraction of sp³-hybridized carbons (Fsp3) is 0.214. The highest BCUT2D eigenvalue weighted by Crippen LogP contribution is 2.13. The standard InChI is InChI=1S/C28H29FN4O2/c29-24-10-6-22(7-11-24)20-33-17-16-31-27(33)18-28(35)32-25-12-8-21(9-13-25)14-15-30-19-26(34)23-4-2-1-3-5-23/h1-13,16-17,26,30,34H,14-15,18-20H2,(H,32,35). The first-order valence-corrected chi connectivity index (χ1v) is 11.6. The van der Waals surface area contributed by atoms with Crippen molar-refractivity contribution in [3.8, 4) is 0 Å². The predicted molar refractivity (Wildman–Crippen MR) is 134 cm³/mol. The Bertz CT molecular complexity index is 1210. The highest BCUT2D eigenvalue weighted by Gasteiger charge is 2.11. The summed E-state index contributed by atoms with van der Waals surface area (Å²) >= 11 is 0. The second-order valence-corrected chi connectivity index (χ2v) is 8.40. The number of amides is 1. The fourth-order valence-corrected chi connectivity index (χ4v) is 3.81. The lowest BCUT2D eigenvalue weighted by Gasteiger charge is -2.12. The van der Waals surface area contributed by atoms with Crippen LogP contribution in [-0.4, -0.2) is 33.7 Å². The van der Waals surface area contributed by atoms with Crippen LogP contribution in [0.5, 0.6) is 0 Å². The quantitative estimate of drug-likeness (QED) is 0.287. The lowest BCUT2D eigenvalue weighted by atomic mass is 10.1. The zero-order chi connectivity index (χ0) is 24.5. The maximum Gasteiger partial charge on any atom is 0.231 e. The maximum absolute atomic E-state index is 13.1. The summed E-state index contributed by atoms with van der Waals surface area (Å²) in [6.07, 6.45) is 3.90. The molecule has 0 fully saturated rings. The van der Waals surface area contributed by atoms with E-state index in [9.17, 15) is 14.3 Å². The number of halogens is 1. The lowest BCUT2D eigenvalue weighted by molar-refractivity contribution is -0.115. The molecular weight excluding hydrogens is 443 g/mol. The number of hydrogen-bond donors (Lipinski definition) is 3. The van der Waals surface area contributed by atoms with Crippen LogP contribution in [0.1, 0.15) is 28.6 Å². The van der Waals surface area contributed by atoms with Crippen LogP contribution >= 0.6 is 0 Å². The maximum atomic E-state index is 13.1. The third-order valence-corrected chi connectivity index (χ3v) is 5.74. The molecule has 4 rings (SSSR count). The molecule has 0 bridgehead atoms. The second-order valence-electron chi connectivity index (χ2n) is 8.40. The number of carbonyl (C=O) groups excluding carboxylic acids is 1. The van der Waals surface area contributed by atoms with Crippen molar-refractivity contribution < 1.29 is 14.3 Å². The van der Waals surface area contributed by atoms with E-state index in [-0.39, 0.29) is 18.1 Å². The van der Waals surface area contributed by atoms with Gasteiger partial charge in [-0.2, -0.15) is 0 Å². The molecule has 35 heavy (non-hydrogen) atoms. The molecule has 6 nitrogen and oxygen atoms in total. The van der Waals surface area contributed by atoms with Gasteiger partial charge in [-0.15, -0.1) is 0 Å². The number of nitrogens with one attached hydrogen (secondary N) is 2. The first-order chi connectivity index (χ1) is 17.1. The van der Waals surface area contributed by atoms with E-state index in [0.717, 1.165) is 35.3 Å². The molecule has 1 heterocycles. The Morgan fingerprint density at radius 2 is 1.69 bits per heavy atom. The minimum atomic E-state index is -0.528. The Kier molecular flexibility index (Phi) is 8.38. The largest absolute Gasteiger partial charge is 0.387 e. The summed E-state index contributed by atoms with van der Waals surface area (Å²) in [5.41, 5.74) is 3.70. The van der Waals surface area contributed by atoms with E-state index in [1.165, 1.54) is 12.1 Å². The number of rotatable bonds is 11. The summed E-state index contributed by atoms with van der Waals surface area (Å²) in [6.45, 7) is 1.76. The summed E-state index contributed by atoms with van der Waals surface area (Å²) < 4.78 is 15.0. The Balaban J connectivity index is 1.21. The number of anilines is 1. The van der Waals surface area contributed by atoms with Gasteiger partial charge in [0.1, 0.15) is 11.6 Å². The van der Waals surface area contributed by atoms with E-state index >= 15 is 0 Å². The van der Waals surface area contributed by atoms with Gasteiger partial charge in [-0.3, -0.25) is 4.79 Å². The summed E-state index contributed by atoms with van der Waals surface area (Å²) in [5, 5.41) is 16.4. The van der Waals surface area contributed by atoms with Gasteiger partial charge in [-0.05, 0) is 53.9 Å². The number of hydrogen-bond acceptors (Lipinski definition) is 4. The van der Waals surface area contributed by atoms with Crippen molar-refractivity contribution in [1.82, 2.24) is 14.9 Å². The molecule has 7 heteroatoms. The highest BCUT2D eigenvalue weighted by molar-refractivity contribution is 5.91. The van der Waals surface area contributed by atoms with E-state index in [2.05, 4.69) is 15.6 Å². The second kappa shape index (κ2) is 12.1. The average molecular weight is 473 g/mol. The molecule has 0 aliphatic rings. The van der Waals surface area contributed by atoms with Gasteiger partial charge in [0.2, 0.25) is 5.91 Å². The van der Waals surface area contributed by atoms with E-state index in [4.69, 9.17) is 0 Å². The van der Waals surface area contributed by atoms with Gasteiger partial charge in [0.05, 0.1) is 12.5 Å². The number of carbonyl (C=O) groups is 1. The molecule has 4 aromatic rings. The van der Waals surface area contributed by atoms with Gasteiger partial charge in [0, 0.05) is 31.2 Å². The van der Waals surface area contributed by atoms with Crippen LogP contribution in [0.4, 0.5) is 10.1 Å². The molecule has 0 radical (unpaired) electrons. The Morgan fingerprint density at radius 1 is 0.971 bits per heavy atom. The molecule has 0 spiro atoms. The minimum Gasteiger partial charge on any atom is -0.387 e. The van der Waals surface area contributed by atoms with E-state index in [0.29, 0.717) is 18.9 Å². The average Bonchev–Trinajstić information content (AvgIpc) is 3.30. The topological polar surface area (TPSA) is 79.2 Å². The molecule has 0 saturated carbocycles. The van der Waals surface area contributed by atoms with Crippen LogP contribution in [0.3, 0.4) is 0 Å². The molecule has 0 saturated heterocycles. The SMILES string of the molecule is O=C(Cc1nccn1Cc1ccc(F)cc1)Nc1ccc(CCNCC(O)c2ccccc2)cc1. The van der Waals surface area contributed by atoms with Gasteiger partial charge < -0.3 is 20.3 Å². The summed E-state index contributed by atoms with van der Waals surface area (Å²) in [6, 6.07) is 23.6. The molecule has 1 unspecified atom stereocenters. The molecule has 1 aromatic heterocycles. The first kappa shape index (κ1) is 24.3. The highest BCUT2D eigenvalue weighted by atomic mass is 19.1. The number of aromatic nitrogens is 2. The number of benzene rings is 3. The van der Waals surface area contributed by atoms with Crippen LogP contribution < -0.4 is 10.6 Å². The molecule has 0 aliphatic carbocycles. The summed E-state index contributed by atoms with van der Waals surface area (Å²) in [7, 11) is 0. The van der Waals surface area contributed by atoms with Gasteiger partial charge >= 0.3 is 0 Å². The Morgan fingerprint density at radius 3 is 2.43 bits per heavy atom. The summed E-state index contributed by atoms with van der Waals surface area (Å²) in [4.78, 5) is 16.9. The smallest absolute Gasteiger partial charge is 0.231 e. The van der Waals surface area contributed by atoms with Crippen molar-refractivity contribution >= 4 is 11.6 Å². The van der Waals surface area contributed by atoms with Gasteiger partial charge in [-0.1, -0.05) is 54.6 Å². The van der Waals surface area contributed by atoms with Crippen LogP contribution in [0.2, 0.25) is 0 Å². The third kappa shape index (κ3) is 7.34. The van der Waals surface area contributed by atoms with Gasteiger partial charge in [0.25, 0.3) is 0 Å². The molecule has 1 atom stereocenters. The van der Waals surface area contributed by atoms with Crippen molar-refractivity contribution in [3.63, 3.8) is 0 Å². The normalized spacial score (nSPS) is 11.8. The lowest BCUT2D eigenvalue weighted by Crippen LogP contribution is -2.23. The molecule has 180 valence electrons. The van der Waals surface area contributed by atoms with E-state index in [1.807, 2.05) is 65.4 Å².